The molecule has 0 spiro atoms. The van der Waals surface area contributed by atoms with Crippen molar-refractivity contribution in [3.63, 3.8) is 0 Å². The van der Waals surface area contributed by atoms with Gasteiger partial charge in [0.05, 0.1) is 29.7 Å². The molecule has 5 rings (SSSR count). The van der Waals surface area contributed by atoms with Crippen LogP contribution >= 0.6 is 0 Å². The molecular formula is C34H33F6N5O7S. The predicted molar refractivity (Wildman–Crippen MR) is 177 cm³/mol. The summed E-state index contributed by atoms with van der Waals surface area (Å²) in [5, 5.41) is 9.71. The van der Waals surface area contributed by atoms with Gasteiger partial charge in [0.1, 0.15) is 28.0 Å². The highest BCUT2D eigenvalue weighted by atomic mass is 32.2. The minimum Gasteiger partial charge on any atom is -0.444 e. The zero-order valence-corrected chi connectivity index (χ0v) is 29.8. The smallest absolute Gasteiger partial charge is 0.444 e. The lowest BCUT2D eigenvalue weighted by Crippen LogP contribution is -2.49. The molecule has 0 bridgehead atoms. The maximum atomic E-state index is 16.0. The van der Waals surface area contributed by atoms with Crippen molar-refractivity contribution in [1.29, 1.82) is 0 Å². The number of alkyl halides is 5. The molecule has 2 aromatic carbocycles. The van der Waals surface area contributed by atoms with Crippen LogP contribution in [-0.4, -0.2) is 59.9 Å². The fraction of sp³-hybridized carbons (Fsp3) is 0.382. The first-order valence-corrected chi connectivity index (χ1v) is 17.6. The van der Waals surface area contributed by atoms with Crippen molar-refractivity contribution >= 4 is 27.5 Å². The number of sulfone groups is 1. The van der Waals surface area contributed by atoms with Crippen molar-refractivity contribution in [2.24, 2.45) is 0 Å². The van der Waals surface area contributed by atoms with Gasteiger partial charge in [-0.3, -0.25) is 9.78 Å². The molecule has 12 nitrogen and oxygen atoms in total. The second-order valence-corrected chi connectivity index (χ2v) is 16.3. The molecule has 1 aliphatic heterocycles. The molecule has 1 N–H and O–H groups in total. The van der Waals surface area contributed by atoms with Crippen molar-refractivity contribution < 1.29 is 58.2 Å². The van der Waals surface area contributed by atoms with E-state index in [2.05, 4.69) is 25.2 Å². The van der Waals surface area contributed by atoms with E-state index in [0.717, 1.165) is 29.5 Å². The third-order valence-electron chi connectivity index (χ3n) is 8.14. The van der Waals surface area contributed by atoms with Crippen LogP contribution in [0.4, 0.5) is 36.8 Å². The summed E-state index contributed by atoms with van der Waals surface area (Å²) in [6, 6.07) is 7.97. The Hall–Kier alpha value is -5.20. The molecule has 2 amide bonds. The van der Waals surface area contributed by atoms with Crippen molar-refractivity contribution in [3.8, 4) is 28.5 Å². The number of carbonyl (C=O) groups is 2. The van der Waals surface area contributed by atoms with Gasteiger partial charge in [0.25, 0.3) is 11.8 Å². The van der Waals surface area contributed by atoms with Gasteiger partial charge in [-0.05, 0) is 64.4 Å². The maximum Gasteiger partial charge on any atom is 0.573 e. The van der Waals surface area contributed by atoms with E-state index in [-0.39, 0.29) is 5.69 Å². The zero-order chi connectivity index (χ0) is 39.3. The Balaban J connectivity index is 1.56. The second-order valence-electron chi connectivity index (χ2n) is 13.7. The fourth-order valence-corrected chi connectivity index (χ4v) is 5.57. The highest BCUT2D eigenvalue weighted by Gasteiger charge is 2.47. The number of pyridine rings is 1. The molecule has 0 radical (unpaired) electrons. The van der Waals surface area contributed by atoms with Gasteiger partial charge in [-0.25, -0.2) is 26.4 Å². The number of aromatic nitrogens is 3. The van der Waals surface area contributed by atoms with E-state index in [1.165, 1.54) is 65.0 Å². The molecule has 0 saturated carbocycles. The number of benzene rings is 2. The Morgan fingerprint density at radius 1 is 1.04 bits per heavy atom. The second kappa shape index (κ2) is 13.7. The lowest BCUT2D eigenvalue weighted by Gasteiger charge is -2.27. The van der Waals surface area contributed by atoms with Crippen LogP contribution in [0.2, 0.25) is 0 Å². The lowest BCUT2D eigenvalue weighted by molar-refractivity contribution is -0.274. The van der Waals surface area contributed by atoms with Gasteiger partial charge in [-0.2, -0.15) is 0 Å². The summed E-state index contributed by atoms with van der Waals surface area (Å²) >= 11 is 0. The topological polar surface area (TPSA) is 154 Å². The monoisotopic (exact) mass is 769 g/mol. The van der Waals surface area contributed by atoms with E-state index in [4.69, 9.17) is 9.15 Å². The van der Waals surface area contributed by atoms with Gasteiger partial charge in [0.2, 0.25) is 11.8 Å². The molecule has 0 fully saturated rings. The molecule has 284 valence electrons. The summed E-state index contributed by atoms with van der Waals surface area (Å²) in [6.07, 6.45) is -5.51. The first kappa shape index (κ1) is 39.0. The van der Waals surface area contributed by atoms with E-state index in [1.54, 1.807) is 0 Å². The standard InChI is InChI=1S/C34H33F6N5O7S/c1-31(2,3)52-30(47)42-25-15-33(36,37)22-14-23(35)21(27-43-44-29(50-27)32(4,5)53(6,48)49)13-26(22)45(28(25)46)17-18-7-9-19(10-8-18)24-12-11-20(16-41-24)51-34(38,39)40/h7-14,16,25H,15,17H2,1-6H3,(H,42,47)/t25-/m0/s1. The van der Waals surface area contributed by atoms with Gasteiger partial charge < -0.3 is 24.1 Å². The van der Waals surface area contributed by atoms with E-state index >= 15 is 13.2 Å². The van der Waals surface area contributed by atoms with E-state index in [1.807, 2.05) is 0 Å². The average Bonchev–Trinajstić information content (AvgIpc) is 3.50. The normalized spacial score (nSPS) is 16.5. The Kier molecular flexibility index (Phi) is 10.1. The molecule has 53 heavy (non-hydrogen) atoms. The Morgan fingerprint density at radius 3 is 2.26 bits per heavy atom. The molecular weight excluding hydrogens is 736 g/mol. The minimum absolute atomic E-state index is 0.265. The summed E-state index contributed by atoms with van der Waals surface area (Å²) in [4.78, 5) is 31.7. The number of alkyl carbamates (subject to hydrolysis) is 1. The Morgan fingerprint density at radius 2 is 1.70 bits per heavy atom. The molecule has 4 aromatic rings. The van der Waals surface area contributed by atoms with Crippen molar-refractivity contribution in [2.45, 2.75) is 76.3 Å². The predicted octanol–water partition coefficient (Wildman–Crippen LogP) is 7.04. The number of nitrogens with one attached hydrogen (secondary N) is 1. The number of hydrogen-bond donors (Lipinski definition) is 1. The summed E-state index contributed by atoms with van der Waals surface area (Å²) < 4.78 is 123. The number of anilines is 1. The highest BCUT2D eigenvalue weighted by molar-refractivity contribution is 7.91. The summed E-state index contributed by atoms with van der Waals surface area (Å²) in [5.74, 6) is -7.64. The molecule has 3 heterocycles. The highest BCUT2D eigenvalue weighted by Crippen LogP contribution is 2.45. The van der Waals surface area contributed by atoms with Crippen molar-refractivity contribution in [3.05, 3.63) is 77.6 Å². The van der Waals surface area contributed by atoms with Gasteiger partial charge in [-0.1, -0.05) is 24.3 Å². The number of nitrogens with zero attached hydrogens (tertiary/aromatic N) is 4. The number of ether oxygens (including phenoxy) is 2. The third-order valence-corrected chi connectivity index (χ3v) is 10.2. The summed E-state index contributed by atoms with van der Waals surface area (Å²) in [5.41, 5.74) is -1.87. The number of amides is 2. The molecule has 0 unspecified atom stereocenters. The van der Waals surface area contributed by atoms with Gasteiger partial charge >= 0.3 is 12.5 Å². The maximum absolute atomic E-state index is 16.0. The molecule has 19 heteroatoms. The largest absolute Gasteiger partial charge is 0.573 e. The molecule has 1 aliphatic rings. The van der Waals surface area contributed by atoms with Gasteiger partial charge in [-0.15, -0.1) is 23.4 Å². The number of fused-ring (bicyclic) bond motifs is 1. The van der Waals surface area contributed by atoms with Crippen LogP contribution in [0.1, 0.15) is 58.1 Å². The fourth-order valence-electron chi connectivity index (χ4n) is 5.17. The molecule has 1 atom stereocenters. The quantitative estimate of drug-likeness (QED) is 0.185. The number of hydrogen-bond acceptors (Lipinski definition) is 10. The Labute approximate surface area is 299 Å². The van der Waals surface area contributed by atoms with Crippen molar-refractivity contribution in [1.82, 2.24) is 20.5 Å². The SMILES string of the molecule is CC(C)(C)OC(=O)N[C@H]1CC(F)(F)c2cc(F)c(-c3nnc(C(C)(C)S(C)(=O)=O)o3)cc2N(Cc2ccc(-c3ccc(OC(F)(F)F)cn3)cc2)C1=O. The molecule has 2 aromatic heterocycles. The minimum atomic E-state index is -4.91. The first-order valence-electron chi connectivity index (χ1n) is 15.7. The number of carbonyl (C=O) groups excluding carboxylic acids is 2. The van der Waals surface area contributed by atoms with Gasteiger partial charge in [0, 0.05) is 23.8 Å². The summed E-state index contributed by atoms with van der Waals surface area (Å²) in [7, 11) is -3.81. The first-order chi connectivity index (χ1) is 24.3. The third kappa shape index (κ3) is 8.72. The van der Waals surface area contributed by atoms with Crippen LogP contribution in [0.25, 0.3) is 22.7 Å². The number of rotatable bonds is 8. The Bertz CT molecular complexity index is 2130. The van der Waals surface area contributed by atoms with Crippen LogP contribution in [-0.2, 0) is 36.6 Å². The van der Waals surface area contributed by atoms with Crippen molar-refractivity contribution in [2.75, 3.05) is 11.2 Å². The van der Waals surface area contributed by atoms with E-state index in [0.29, 0.717) is 17.2 Å². The van der Waals surface area contributed by atoms with E-state index < -0.39 is 104 Å². The van der Waals surface area contributed by atoms with Crippen LogP contribution in [0.5, 0.6) is 5.75 Å². The summed E-state index contributed by atoms with van der Waals surface area (Å²) in [6.45, 7) is 6.77. The van der Waals surface area contributed by atoms with Crippen LogP contribution in [0.3, 0.4) is 0 Å². The number of halogens is 6. The molecule has 0 aliphatic carbocycles. The average molecular weight is 770 g/mol. The molecule has 0 saturated heterocycles. The zero-order valence-electron chi connectivity index (χ0n) is 29.0. The van der Waals surface area contributed by atoms with Crippen LogP contribution in [0.15, 0.2) is 59.1 Å². The van der Waals surface area contributed by atoms with E-state index in [9.17, 15) is 31.2 Å². The van der Waals surface area contributed by atoms with Crippen LogP contribution < -0.4 is 15.0 Å². The van der Waals surface area contributed by atoms with Gasteiger partial charge in [0.15, 0.2) is 9.84 Å². The lowest BCUT2D eigenvalue weighted by atomic mass is 9.99. The van der Waals surface area contributed by atoms with Crippen LogP contribution in [0, 0.1) is 5.82 Å².